The molecule has 2 rings (SSSR count). The molecular formula is C11H17N. The fraction of sp³-hybridized carbons (Fsp3) is 0.636. The van der Waals surface area contributed by atoms with Crippen LogP contribution in [0.2, 0.25) is 0 Å². The molecule has 0 amide bonds. The molecule has 1 aromatic rings. The second-order valence-corrected chi connectivity index (χ2v) is 3.81. The largest absolute Gasteiger partial charge is 0.365 e. The summed E-state index contributed by atoms with van der Waals surface area (Å²) in [4.78, 5) is 3.33. The van der Waals surface area contributed by atoms with Gasteiger partial charge in [0.05, 0.1) is 0 Å². The molecule has 12 heavy (non-hydrogen) atoms. The van der Waals surface area contributed by atoms with Gasteiger partial charge in [-0.3, -0.25) is 0 Å². The molecule has 66 valence electrons. The number of aromatic nitrogens is 1. The smallest absolute Gasteiger partial charge is 0.0178 e. The van der Waals surface area contributed by atoms with E-state index >= 15 is 0 Å². The number of rotatable bonds is 1. The highest BCUT2D eigenvalue weighted by atomic mass is 14.7. The van der Waals surface area contributed by atoms with Crippen molar-refractivity contribution in [2.45, 2.75) is 44.4 Å². The van der Waals surface area contributed by atoms with Crippen LogP contribution in [0, 0.1) is 0 Å². The highest BCUT2D eigenvalue weighted by Crippen LogP contribution is 2.30. The summed E-state index contributed by atoms with van der Waals surface area (Å²) in [5, 5.41) is 0. The minimum atomic E-state index is 0.822. The van der Waals surface area contributed by atoms with Gasteiger partial charge in [-0.15, -0.1) is 0 Å². The van der Waals surface area contributed by atoms with Crippen LogP contribution < -0.4 is 0 Å². The molecular weight excluding hydrogens is 146 g/mol. The average Bonchev–Trinajstić information content (AvgIpc) is 2.48. The Hall–Kier alpha value is -0.720. The Morgan fingerprint density at radius 2 is 1.83 bits per heavy atom. The maximum Gasteiger partial charge on any atom is 0.0178 e. The van der Waals surface area contributed by atoms with Crippen LogP contribution in [-0.2, 0) is 0 Å². The minimum Gasteiger partial charge on any atom is -0.365 e. The van der Waals surface area contributed by atoms with Gasteiger partial charge in [-0.2, -0.15) is 0 Å². The molecule has 0 spiro atoms. The number of hydrogen-bond acceptors (Lipinski definition) is 0. The molecule has 1 aromatic heterocycles. The minimum absolute atomic E-state index is 0.822. The van der Waals surface area contributed by atoms with Crippen molar-refractivity contribution in [2.24, 2.45) is 0 Å². The summed E-state index contributed by atoms with van der Waals surface area (Å²) in [6.07, 6.45) is 10.5. The van der Waals surface area contributed by atoms with E-state index in [1.54, 1.807) is 0 Å². The summed E-state index contributed by atoms with van der Waals surface area (Å²) in [6.45, 7) is 0. The summed E-state index contributed by atoms with van der Waals surface area (Å²) in [5.74, 6) is 0.822. The molecule has 1 aliphatic rings. The highest BCUT2D eigenvalue weighted by molar-refractivity contribution is 5.09. The molecule has 1 heterocycles. The topological polar surface area (TPSA) is 15.8 Å². The van der Waals surface area contributed by atoms with Crippen LogP contribution in [0.15, 0.2) is 18.3 Å². The highest BCUT2D eigenvalue weighted by Gasteiger charge is 2.14. The molecule has 1 nitrogen and oxygen atoms in total. The van der Waals surface area contributed by atoms with Crippen LogP contribution in [-0.4, -0.2) is 4.98 Å². The number of H-pyrrole nitrogens is 1. The molecule has 0 bridgehead atoms. The predicted octanol–water partition coefficient (Wildman–Crippen LogP) is 3.45. The van der Waals surface area contributed by atoms with Crippen LogP contribution >= 0.6 is 0 Å². The Morgan fingerprint density at radius 3 is 2.42 bits per heavy atom. The Bertz CT molecular complexity index is 205. The van der Waals surface area contributed by atoms with Crippen molar-refractivity contribution >= 4 is 0 Å². The zero-order valence-corrected chi connectivity index (χ0v) is 7.55. The third-order valence-corrected chi connectivity index (χ3v) is 2.92. The summed E-state index contributed by atoms with van der Waals surface area (Å²) in [5.41, 5.74) is 1.46. The van der Waals surface area contributed by atoms with Gasteiger partial charge in [-0.05, 0) is 30.9 Å². The van der Waals surface area contributed by atoms with Gasteiger partial charge in [-0.1, -0.05) is 25.7 Å². The molecule has 0 atom stereocenters. The van der Waals surface area contributed by atoms with Gasteiger partial charge in [0.15, 0.2) is 0 Å². The predicted molar refractivity (Wildman–Crippen MR) is 51.2 cm³/mol. The number of aromatic amines is 1. The normalized spacial score (nSPS) is 20.7. The standard InChI is InChI=1S/C11H17N/c1-2-4-7-10(6-3-1)11-8-5-9-12-11/h5,8-10,12H,1-4,6-7H2. The second-order valence-electron chi connectivity index (χ2n) is 3.81. The van der Waals surface area contributed by atoms with E-state index in [0.29, 0.717) is 0 Å². The first kappa shape index (κ1) is 7.90. The van der Waals surface area contributed by atoms with E-state index in [9.17, 15) is 0 Å². The first-order chi connectivity index (χ1) is 5.97. The van der Waals surface area contributed by atoms with Crippen LogP contribution in [0.1, 0.15) is 50.1 Å². The van der Waals surface area contributed by atoms with E-state index in [0.717, 1.165) is 5.92 Å². The SMILES string of the molecule is c1c[nH]c(C2CCCCCC2)c1. The lowest BCUT2D eigenvalue weighted by atomic mass is 9.97. The monoisotopic (exact) mass is 163 g/mol. The van der Waals surface area contributed by atoms with Crippen molar-refractivity contribution in [1.29, 1.82) is 0 Å². The Balaban J connectivity index is 2.02. The molecule has 0 unspecified atom stereocenters. The van der Waals surface area contributed by atoms with E-state index in [1.165, 1.54) is 44.2 Å². The van der Waals surface area contributed by atoms with E-state index < -0.39 is 0 Å². The molecule has 1 N–H and O–H groups in total. The molecule has 1 saturated carbocycles. The van der Waals surface area contributed by atoms with E-state index in [-0.39, 0.29) is 0 Å². The first-order valence-corrected chi connectivity index (χ1v) is 5.10. The van der Waals surface area contributed by atoms with Crippen molar-refractivity contribution in [3.05, 3.63) is 24.0 Å². The summed E-state index contributed by atoms with van der Waals surface area (Å²) >= 11 is 0. The van der Waals surface area contributed by atoms with Crippen molar-refractivity contribution in [1.82, 2.24) is 4.98 Å². The average molecular weight is 163 g/mol. The van der Waals surface area contributed by atoms with E-state index in [4.69, 9.17) is 0 Å². The van der Waals surface area contributed by atoms with Crippen LogP contribution in [0.5, 0.6) is 0 Å². The Kier molecular flexibility index (Phi) is 2.50. The van der Waals surface area contributed by atoms with E-state index in [2.05, 4.69) is 17.1 Å². The first-order valence-electron chi connectivity index (χ1n) is 5.10. The number of hydrogen-bond donors (Lipinski definition) is 1. The Labute approximate surface area is 74.2 Å². The van der Waals surface area contributed by atoms with Crippen LogP contribution in [0.3, 0.4) is 0 Å². The van der Waals surface area contributed by atoms with Crippen molar-refractivity contribution in [3.8, 4) is 0 Å². The van der Waals surface area contributed by atoms with Crippen LogP contribution in [0.4, 0.5) is 0 Å². The molecule has 0 radical (unpaired) electrons. The fourth-order valence-corrected chi connectivity index (χ4v) is 2.19. The van der Waals surface area contributed by atoms with Crippen molar-refractivity contribution < 1.29 is 0 Å². The quantitative estimate of drug-likeness (QED) is 0.610. The van der Waals surface area contributed by atoms with Gasteiger partial charge in [0.25, 0.3) is 0 Å². The number of nitrogens with one attached hydrogen (secondary N) is 1. The molecule has 0 aliphatic heterocycles. The van der Waals surface area contributed by atoms with Gasteiger partial charge in [-0.25, -0.2) is 0 Å². The third-order valence-electron chi connectivity index (χ3n) is 2.92. The third kappa shape index (κ3) is 1.71. The van der Waals surface area contributed by atoms with Gasteiger partial charge in [0, 0.05) is 11.9 Å². The second kappa shape index (κ2) is 3.79. The lowest BCUT2D eigenvalue weighted by molar-refractivity contribution is 0.580. The zero-order chi connectivity index (χ0) is 8.23. The lowest BCUT2D eigenvalue weighted by Crippen LogP contribution is -1.96. The Morgan fingerprint density at radius 1 is 1.08 bits per heavy atom. The maximum atomic E-state index is 3.33. The molecule has 1 aliphatic carbocycles. The molecule has 0 aromatic carbocycles. The summed E-state index contributed by atoms with van der Waals surface area (Å²) in [7, 11) is 0. The molecule has 1 fully saturated rings. The lowest BCUT2D eigenvalue weighted by Gasteiger charge is -2.11. The maximum absolute atomic E-state index is 3.33. The zero-order valence-electron chi connectivity index (χ0n) is 7.55. The van der Waals surface area contributed by atoms with Crippen molar-refractivity contribution in [3.63, 3.8) is 0 Å². The van der Waals surface area contributed by atoms with Gasteiger partial charge in [0.1, 0.15) is 0 Å². The van der Waals surface area contributed by atoms with Gasteiger partial charge >= 0.3 is 0 Å². The van der Waals surface area contributed by atoms with Gasteiger partial charge < -0.3 is 4.98 Å². The fourth-order valence-electron chi connectivity index (χ4n) is 2.19. The van der Waals surface area contributed by atoms with Gasteiger partial charge in [0.2, 0.25) is 0 Å². The molecule has 1 heteroatoms. The summed E-state index contributed by atoms with van der Waals surface area (Å²) in [6, 6.07) is 4.34. The van der Waals surface area contributed by atoms with Crippen molar-refractivity contribution in [2.75, 3.05) is 0 Å². The van der Waals surface area contributed by atoms with E-state index in [1.807, 2.05) is 6.20 Å². The van der Waals surface area contributed by atoms with Crippen LogP contribution in [0.25, 0.3) is 0 Å². The molecule has 0 saturated heterocycles. The summed E-state index contributed by atoms with van der Waals surface area (Å²) < 4.78 is 0.